The summed E-state index contributed by atoms with van der Waals surface area (Å²) in [5, 5.41) is 4.26. The molecule has 16 heteroatoms. The molecule has 0 radical (unpaired) electrons. The minimum absolute atomic E-state index is 0.0200. The quantitative estimate of drug-likeness (QED) is 0.197. The van der Waals surface area contributed by atoms with Crippen molar-refractivity contribution in [2.24, 2.45) is 0 Å². The smallest absolute Gasteiger partial charge is 0.442 e. The van der Waals surface area contributed by atoms with Crippen molar-refractivity contribution in [1.82, 2.24) is 15.5 Å². The number of carbonyl (C=O) groups is 3. The Morgan fingerprint density at radius 2 is 1.77 bits per heavy atom. The van der Waals surface area contributed by atoms with Gasteiger partial charge in [-0.05, 0) is 24.3 Å². The van der Waals surface area contributed by atoms with Gasteiger partial charge in [-0.3, -0.25) is 14.5 Å². The molecule has 0 saturated carbocycles. The molecule has 1 aromatic carbocycles. The van der Waals surface area contributed by atoms with Crippen molar-refractivity contribution in [3.63, 3.8) is 0 Å². The molecule has 0 aliphatic carbocycles. The zero-order valence-corrected chi connectivity index (χ0v) is 22.5. The zero-order chi connectivity index (χ0) is 26.0. The number of amides is 3. The third-order valence-corrected chi connectivity index (χ3v) is 6.68. The van der Waals surface area contributed by atoms with Gasteiger partial charge in [0.2, 0.25) is 6.41 Å². The summed E-state index contributed by atoms with van der Waals surface area (Å²) in [5.41, 5.74) is 1.14. The first kappa shape index (κ1) is 27.9. The highest BCUT2D eigenvalue weighted by atomic mass is 80.0. The Kier molecular flexibility index (Phi) is 8.91. The molecule has 0 bridgehead atoms. The van der Waals surface area contributed by atoms with Gasteiger partial charge in [-0.25, -0.2) is 14.1 Å². The topological polar surface area (TPSA) is 94.2 Å². The molecule has 9 nitrogen and oxygen atoms in total. The van der Waals surface area contributed by atoms with Gasteiger partial charge in [0.1, 0.15) is 12.3 Å². The van der Waals surface area contributed by atoms with Crippen LogP contribution in [0.15, 0.2) is 24.3 Å². The van der Waals surface area contributed by atoms with Gasteiger partial charge in [-0.1, -0.05) is 47.8 Å². The average Bonchev–Trinajstić information content (AvgIpc) is 3.15. The number of cyclic esters (lactones) is 1. The van der Waals surface area contributed by atoms with Crippen LogP contribution in [0.5, 0.6) is 0 Å². The number of nitrogens with one attached hydrogen (secondary N) is 2. The van der Waals surface area contributed by atoms with Crippen LogP contribution in [0.4, 0.5) is 33.7 Å². The maximum Gasteiger partial charge on any atom is 0.471 e. The van der Waals surface area contributed by atoms with Gasteiger partial charge in [0.25, 0.3) is 0 Å². The van der Waals surface area contributed by atoms with Crippen molar-refractivity contribution in [3.05, 3.63) is 24.3 Å². The molecule has 2 aliphatic heterocycles. The molecule has 35 heavy (non-hydrogen) atoms. The van der Waals surface area contributed by atoms with Gasteiger partial charge in [-0.2, -0.15) is 13.2 Å². The molecule has 3 atom stereocenters. The molecule has 0 spiro atoms. The first-order valence-corrected chi connectivity index (χ1v) is 12.5. The van der Waals surface area contributed by atoms with Crippen LogP contribution >= 0.6 is 47.8 Å². The minimum Gasteiger partial charge on any atom is -0.442 e. The number of rotatable bonds is 7. The standard InChI is InChI=1S/C19H20Br3F4N5O4/c20-18(21,22)15(28-10-32)30-6-5-29(9-14(30)23)11-1-3-12(4-2-11)31-8-13(35-17(31)34)7-27-16(33)19(24,25)26/h1-4,10,13-15H,5-9H2,(H,27,33)(H,28,32)/t13?,14-,15?/m1/s1. The maximum atomic E-state index is 15.0. The van der Waals surface area contributed by atoms with Crippen LogP contribution in [-0.4, -0.2) is 82.9 Å². The monoisotopic (exact) mass is 695 g/mol. The molecule has 2 N–H and O–H groups in total. The second-order valence-electron chi connectivity index (χ2n) is 7.69. The number of hydrogen-bond donors (Lipinski definition) is 2. The van der Waals surface area contributed by atoms with Crippen molar-refractivity contribution >= 4 is 77.6 Å². The molecule has 194 valence electrons. The largest absolute Gasteiger partial charge is 0.471 e. The second kappa shape index (κ2) is 11.2. The highest BCUT2D eigenvalue weighted by Crippen LogP contribution is 2.40. The van der Waals surface area contributed by atoms with Gasteiger partial charge in [0.05, 0.1) is 19.6 Å². The Balaban J connectivity index is 1.59. The lowest BCUT2D eigenvalue weighted by Crippen LogP contribution is -2.62. The third-order valence-electron chi connectivity index (χ3n) is 5.37. The van der Waals surface area contributed by atoms with Crippen LogP contribution in [0, 0.1) is 0 Å². The fourth-order valence-corrected chi connectivity index (χ4v) is 4.90. The van der Waals surface area contributed by atoms with Crippen LogP contribution < -0.4 is 20.4 Å². The van der Waals surface area contributed by atoms with Gasteiger partial charge in [-0.15, -0.1) is 0 Å². The fourth-order valence-electron chi connectivity index (χ4n) is 3.71. The molecule has 2 fully saturated rings. The predicted octanol–water partition coefficient (Wildman–Crippen LogP) is 3.02. The summed E-state index contributed by atoms with van der Waals surface area (Å²) in [6, 6.07) is 6.61. The minimum atomic E-state index is -5.02. The van der Waals surface area contributed by atoms with E-state index in [4.69, 9.17) is 4.74 Å². The number of nitrogens with zero attached hydrogens (tertiary/aromatic N) is 3. The number of halogens is 7. The van der Waals surface area contributed by atoms with E-state index < -0.39 is 45.4 Å². The van der Waals surface area contributed by atoms with Gasteiger partial charge in [0, 0.05) is 24.5 Å². The maximum absolute atomic E-state index is 15.0. The molecular weight excluding hydrogens is 678 g/mol. The number of ether oxygens (including phenoxy) is 1. The summed E-state index contributed by atoms with van der Waals surface area (Å²) in [4.78, 5) is 38.6. The summed E-state index contributed by atoms with van der Waals surface area (Å²) in [6.07, 6.45) is -8.35. The molecule has 2 saturated heterocycles. The molecule has 1 aromatic rings. The molecule has 2 aliphatic rings. The summed E-state index contributed by atoms with van der Waals surface area (Å²) in [5.74, 6) is -2.11. The van der Waals surface area contributed by atoms with Crippen LogP contribution in [0.3, 0.4) is 0 Å². The average molecular weight is 698 g/mol. The molecule has 2 unspecified atom stereocenters. The number of piperazine rings is 1. The number of anilines is 2. The molecule has 2 heterocycles. The molecule has 0 aromatic heterocycles. The normalized spacial score (nSPS) is 22.5. The number of hydrogen-bond acceptors (Lipinski definition) is 6. The lowest BCUT2D eigenvalue weighted by Gasteiger charge is -2.44. The van der Waals surface area contributed by atoms with Crippen LogP contribution in [0.1, 0.15) is 0 Å². The zero-order valence-electron chi connectivity index (χ0n) is 17.8. The van der Waals surface area contributed by atoms with Gasteiger partial charge < -0.3 is 20.3 Å². The number of benzene rings is 1. The van der Waals surface area contributed by atoms with Crippen molar-refractivity contribution in [2.75, 3.05) is 42.5 Å². The van der Waals surface area contributed by atoms with Gasteiger partial charge in [0.15, 0.2) is 8.44 Å². The van der Waals surface area contributed by atoms with Crippen molar-refractivity contribution < 1.29 is 36.7 Å². The van der Waals surface area contributed by atoms with Crippen LogP contribution in [0.25, 0.3) is 0 Å². The van der Waals surface area contributed by atoms with Crippen molar-refractivity contribution in [1.29, 1.82) is 0 Å². The molecule has 3 amide bonds. The summed E-state index contributed by atoms with van der Waals surface area (Å²) in [7, 11) is 0. The first-order valence-electron chi connectivity index (χ1n) is 10.2. The van der Waals surface area contributed by atoms with E-state index in [0.717, 1.165) is 0 Å². The van der Waals surface area contributed by atoms with E-state index in [-0.39, 0.29) is 13.1 Å². The molecule has 3 rings (SSSR count). The van der Waals surface area contributed by atoms with E-state index in [0.29, 0.717) is 30.9 Å². The third kappa shape index (κ3) is 6.98. The van der Waals surface area contributed by atoms with E-state index in [1.807, 2.05) is 0 Å². The van der Waals surface area contributed by atoms with E-state index in [1.165, 1.54) is 9.80 Å². The summed E-state index contributed by atoms with van der Waals surface area (Å²) in [6.45, 7) is 0.251. The fraction of sp³-hybridized carbons (Fsp3) is 0.526. The van der Waals surface area contributed by atoms with Crippen LogP contribution in [-0.2, 0) is 14.3 Å². The Labute approximate surface area is 222 Å². The van der Waals surface area contributed by atoms with E-state index in [9.17, 15) is 27.6 Å². The Bertz CT molecular complexity index is 935. The summed E-state index contributed by atoms with van der Waals surface area (Å²) < 4.78 is 56.1. The second-order valence-corrected chi connectivity index (χ2v) is 14.6. The van der Waals surface area contributed by atoms with E-state index in [2.05, 4.69) is 53.1 Å². The number of alkyl halides is 7. The molecular formula is C19H20Br3F4N5O4. The van der Waals surface area contributed by atoms with Crippen LogP contribution in [0.2, 0.25) is 0 Å². The lowest BCUT2D eigenvalue weighted by atomic mass is 10.2. The lowest BCUT2D eigenvalue weighted by molar-refractivity contribution is -0.173. The first-order chi connectivity index (χ1) is 16.3. The predicted molar refractivity (Wildman–Crippen MR) is 129 cm³/mol. The Morgan fingerprint density at radius 3 is 2.31 bits per heavy atom. The Morgan fingerprint density at radius 1 is 1.14 bits per heavy atom. The van der Waals surface area contributed by atoms with E-state index in [1.54, 1.807) is 34.5 Å². The SMILES string of the molecule is O=CNC(N1CCN(c2ccc(N3CC(CNC(=O)C(F)(F)F)OC3=O)cc2)C[C@@H]1F)C(Br)(Br)Br. The highest BCUT2D eigenvalue weighted by Gasteiger charge is 2.42. The van der Waals surface area contributed by atoms with Crippen molar-refractivity contribution in [2.45, 2.75) is 26.9 Å². The highest BCUT2D eigenvalue weighted by molar-refractivity contribution is 9.39. The van der Waals surface area contributed by atoms with E-state index >= 15 is 4.39 Å². The summed E-state index contributed by atoms with van der Waals surface area (Å²) >= 11 is 9.96. The Hall–Kier alpha value is -1.65. The van der Waals surface area contributed by atoms with Crippen molar-refractivity contribution in [3.8, 4) is 0 Å². The van der Waals surface area contributed by atoms with Gasteiger partial charge >= 0.3 is 18.2 Å². The number of carbonyl (C=O) groups excluding carboxylic acids is 3.